The predicted octanol–water partition coefficient (Wildman–Crippen LogP) is 2.05. The molecule has 0 radical (unpaired) electrons. The monoisotopic (exact) mass is 352 g/mol. The molecule has 2 aliphatic heterocycles. The zero-order chi connectivity index (χ0) is 17.9. The van der Waals surface area contributed by atoms with Crippen LogP contribution in [0.25, 0.3) is 0 Å². The molecule has 2 aromatic carbocycles. The topological polar surface area (TPSA) is 67.9 Å². The van der Waals surface area contributed by atoms with Gasteiger partial charge in [-0.15, -0.1) is 0 Å². The molecule has 0 bridgehead atoms. The molecule has 0 spiro atoms. The van der Waals surface area contributed by atoms with Gasteiger partial charge in [-0.1, -0.05) is 36.4 Å². The van der Waals surface area contributed by atoms with Crippen molar-refractivity contribution < 1.29 is 19.1 Å². The number of hydrogen-bond donors (Lipinski definition) is 1. The van der Waals surface area contributed by atoms with E-state index >= 15 is 0 Å². The van der Waals surface area contributed by atoms with E-state index in [0.717, 1.165) is 16.9 Å². The average molecular weight is 352 g/mol. The van der Waals surface area contributed by atoms with Gasteiger partial charge in [0.2, 0.25) is 18.6 Å². The molecule has 6 heteroatoms. The summed E-state index contributed by atoms with van der Waals surface area (Å²) in [5, 5.41) is 2.86. The summed E-state index contributed by atoms with van der Waals surface area (Å²) < 4.78 is 10.6. The van der Waals surface area contributed by atoms with Crippen molar-refractivity contribution in [1.82, 2.24) is 10.2 Å². The van der Waals surface area contributed by atoms with E-state index < -0.39 is 0 Å². The quantitative estimate of drug-likeness (QED) is 0.894. The lowest BCUT2D eigenvalue weighted by atomic mass is 9.99. The van der Waals surface area contributed by atoms with Crippen LogP contribution in [0, 0.1) is 0 Å². The second kappa shape index (κ2) is 7.07. The third-order valence-electron chi connectivity index (χ3n) is 4.75. The first-order valence-electron chi connectivity index (χ1n) is 8.67. The van der Waals surface area contributed by atoms with Crippen LogP contribution in [0.5, 0.6) is 11.5 Å². The van der Waals surface area contributed by atoms with Crippen LogP contribution < -0.4 is 14.8 Å². The summed E-state index contributed by atoms with van der Waals surface area (Å²) in [5.41, 5.74) is 2.07. The molecule has 0 saturated carbocycles. The van der Waals surface area contributed by atoms with Gasteiger partial charge < -0.3 is 19.7 Å². The average Bonchev–Trinajstić information content (AvgIpc) is 3.27. The van der Waals surface area contributed by atoms with Gasteiger partial charge in [-0.3, -0.25) is 9.59 Å². The van der Waals surface area contributed by atoms with Crippen molar-refractivity contribution in [3.8, 4) is 11.5 Å². The summed E-state index contributed by atoms with van der Waals surface area (Å²) in [6.07, 6.45) is 0.458. The number of amides is 2. The highest BCUT2D eigenvalue weighted by Crippen LogP contribution is 2.32. The number of nitrogens with one attached hydrogen (secondary N) is 1. The van der Waals surface area contributed by atoms with E-state index in [1.54, 1.807) is 4.90 Å². The number of rotatable bonds is 5. The Bertz CT molecular complexity index is 822. The smallest absolute Gasteiger partial charge is 0.239 e. The van der Waals surface area contributed by atoms with Crippen molar-refractivity contribution in [2.45, 2.75) is 18.9 Å². The minimum Gasteiger partial charge on any atom is -0.454 e. The van der Waals surface area contributed by atoms with E-state index in [1.165, 1.54) is 0 Å². The maximum absolute atomic E-state index is 12.2. The van der Waals surface area contributed by atoms with Crippen molar-refractivity contribution in [3.05, 3.63) is 59.7 Å². The predicted molar refractivity (Wildman–Crippen MR) is 94.8 cm³/mol. The molecule has 0 aromatic heterocycles. The number of carbonyl (C=O) groups excluding carboxylic acids is 2. The molecule has 2 heterocycles. The van der Waals surface area contributed by atoms with Gasteiger partial charge in [0.05, 0.1) is 6.54 Å². The standard InChI is InChI=1S/C20H20N2O4/c23-19(21-10-14-6-7-17-18(8-14)26-13-25-17)12-22-11-16(9-20(22)24)15-4-2-1-3-5-15/h1-8,16H,9-13H2,(H,21,23)/t16-/m0/s1. The third kappa shape index (κ3) is 3.49. The van der Waals surface area contributed by atoms with Crippen LogP contribution in [-0.4, -0.2) is 36.6 Å². The molecular formula is C20H20N2O4. The number of likely N-dealkylation sites (tertiary alicyclic amines) is 1. The van der Waals surface area contributed by atoms with Crippen LogP contribution in [0.2, 0.25) is 0 Å². The van der Waals surface area contributed by atoms with E-state index in [4.69, 9.17) is 9.47 Å². The Morgan fingerprint density at radius 3 is 2.77 bits per heavy atom. The highest BCUT2D eigenvalue weighted by atomic mass is 16.7. The molecule has 1 fully saturated rings. The molecule has 26 heavy (non-hydrogen) atoms. The van der Waals surface area contributed by atoms with E-state index in [-0.39, 0.29) is 31.1 Å². The first-order chi connectivity index (χ1) is 12.7. The van der Waals surface area contributed by atoms with Gasteiger partial charge >= 0.3 is 0 Å². The minimum atomic E-state index is -0.162. The third-order valence-corrected chi connectivity index (χ3v) is 4.75. The summed E-state index contributed by atoms with van der Waals surface area (Å²) in [7, 11) is 0. The Hall–Kier alpha value is -3.02. The highest BCUT2D eigenvalue weighted by molar-refractivity contribution is 5.86. The largest absolute Gasteiger partial charge is 0.454 e. The van der Waals surface area contributed by atoms with Crippen LogP contribution in [0.15, 0.2) is 48.5 Å². The zero-order valence-corrected chi connectivity index (χ0v) is 14.3. The van der Waals surface area contributed by atoms with Crippen molar-refractivity contribution in [2.75, 3.05) is 19.9 Å². The fourth-order valence-electron chi connectivity index (χ4n) is 3.35. The number of hydrogen-bond acceptors (Lipinski definition) is 4. The fourth-order valence-corrected chi connectivity index (χ4v) is 3.35. The second-order valence-corrected chi connectivity index (χ2v) is 6.55. The molecule has 1 saturated heterocycles. The van der Waals surface area contributed by atoms with E-state index in [9.17, 15) is 9.59 Å². The van der Waals surface area contributed by atoms with Gasteiger partial charge in [0.1, 0.15) is 0 Å². The molecule has 1 N–H and O–H groups in total. The van der Waals surface area contributed by atoms with Crippen molar-refractivity contribution >= 4 is 11.8 Å². The molecule has 134 valence electrons. The number of nitrogens with zero attached hydrogens (tertiary/aromatic N) is 1. The Kier molecular flexibility index (Phi) is 4.48. The molecule has 2 amide bonds. The fraction of sp³-hybridized carbons (Fsp3) is 0.300. The molecule has 2 aliphatic rings. The molecular weight excluding hydrogens is 332 g/mol. The summed E-state index contributed by atoms with van der Waals surface area (Å²) >= 11 is 0. The van der Waals surface area contributed by atoms with E-state index in [2.05, 4.69) is 5.32 Å². The molecule has 1 atom stereocenters. The minimum absolute atomic E-state index is 0.0251. The van der Waals surface area contributed by atoms with Crippen molar-refractivity contribution in [3.63, 3.8) is 0 Å². The van der Waals surface area contributed by atoms with Gasteiger partial charge in [-0.2, -0.15) is 0 Å². The first kappa shape index (κ1) is 16.4. The summed E-state index contributed by atoms with van der Waals surface area (Å²) in [6, 6.07) is 15.5. The van der Waals surface area contributed by atoms with E-state index in [0.29, 0.717) is 25.3 Å². The first-order valence-corrected chi connectivity index (χ1v) is 8.67. The molecule has 0 aliphatic carbocycles. The van der Waals surface area contributed by atoms with Gasteiger partial charge in [-0.25, -0.2) is 0 Å². The summed E-state index contributed by atoms with van der Waals surface area (Å²) in [4.78, 5) is 26.1. The Labute approximate surface area is 151 Å². The van der Waals surface area contributed by atoms with Crippen LogP contribution in [0.4, 0.5) is 0 Å². The van der Waals surface area contributed by atoms with Crippen LogP contribution in [0.1, 0.15) is 23.5 Å². The van der Waals surface area contributed by atoms with Gasteiger partial charge in [0, 0.05) is 25.4 Å². The summed E-state index contributed by atoms with van der Waals surface area (Å²) in [6.45, 7) is 1.29. The van der Waals surface area contributed by atoms with Gasteiger partial charge in [0.25, 0.3) is 0 Å². The molecule has 0 unspecified atom stereocenters. The van der Waals surface area contributed by atoms with Crippen molar-refractivity contribution in [1.29, 1.82) is 0 Å². The zero-order valence-electron chi connectivity index (χ0n) is 14.3. The van der Waals surface area contributed by atoms with Gasteiger partial charge in [-0.05, 0) is 23.3 Å². The van der Waals surface area contributed by atoms with Crippen molar-refractivity contribution in [2.24, 2.45) is 0 Å². The number of fused-ring (bicyclic) bond motifs is 1. The lowest BCUT2D eigenvalue weighted by Crippen LogP contribution is -2.37. The lowest BCUT2D eigenvalue weighted by Gasteiger charge is -2.16. The maximum atomic E-state index is 12.2. The molecule has 2 aromatic rings. The Morgan fingerprint density at radius 1 is 1.12 bits per heavy atom. The number of ether oxygens (including phenoxy) is 2. The SMILES string of the molecule is O=C(CN1C[C@@H](c2ccccc2)CC1=O)NCc1ccc2c(c1)OCO2. The normalized spacial score (nSPS) is 18.2. The number of benzene rings is 2. The molecule has 4 rings (SSSR count). The Morgan fingerprint density at radius 2 is 1.92 bits per heavy atom. The van der Waals surface area contributed by atoms with Crippen LogP contribution in [0.3, 0.4) is 0 Å². The highest BCUT2D eigenvalue weighted by Gasteiger charge is 2.31. The van der Waals surface area contributed by atoms with Gasteiger partial charge in [0.15, 0.2) is 11.5 Å². The summed E-state index contributed by atoms with van der Waals surface area (Å²) in [5.74, 6) is 1.43. The molecule has 6 nitrogen and oxygen atoms in total. The maximum Gasteiger partial charge on any atom is 0.239 e. The van der Waals surface area contributed by atoms with E-state index in [1.807, 2.05) is 48.5 Å². The second-order valence-electron chi connectivity index (χ2n) is 6.55. The Balaban J connectivity index is 1.30. The van der Waals surface area contributed by atoms with Crippen LogP contribution in [-0.2, 0) is 16.1 Å². The lowest BCUT2D eigenvalue weighted by molar-refractivity contribution is -0.133. The van der Waals surface area contributed by atoms with Crippen LogP contribution >= 0.6 is 0 Å². The number of carbonyl (C=O) groups is 2.